The van der Waals surface area contributed by atoms with Crippen LogP contribution in [-0.4, -0.2) is 0 Å². The fourth-order valence-electron chi connectivity index (χ4n) is 7.19. The summed E-state index contributed by atoms with van der Waals surface area (Å²) in [7, 11) is 0. The van der Waals surface area contributed by atoms with Gasteiger partial charge in [0.15, 0.2) is 0 Å². The number of benzene rings is 8. The van der Waals surface area contributed by atoms with E-state index in [9.17, 15) is 0 Å². The Hall–Kier alpha value is -6.38. The van der Waals surface area contributed by atoms with Crippen molar-refractivity contribution in [2.75, 3.05) is 4.90 Å². The summed E-state index contributed by atoms with van der Waals surface area (Å²) in [5.74, 6) is 0.906. The smallest absolute Gasteiger partial charge is 0.138 e. The van der Waals surface area contributed by atoms with E-state index in [0.717, 1.165) is 44.9 Å². The van der Waals surface area contributed by atoms with Gasteiger partial charge in [-0.2, -0.15) is 0 Å². The Kier molecular flexibility index (Phi) is 7.06. The van der Waals surface area contributed by atoms with Crippen molar-refractivity contribution < 1.29 is 4.42 Å². The van der Waals surface area contributed by atoms with Gasteiger partial charge < -0.3 is 9.32 Å². The highest BCUT2D eigenvalue weighted by atomic mass is 16.3. The number of nitrogens with zero attached hydrogens (tertiary/aromatic N) is 1. The van der Waals surface area contributed by atoms with Crippen LogP contribution >= 0.6 is 0 Å². The van der Waals surface area contributed by atoms with E-state index >= 15 is 0 Å². The fourth-order valence-corrected chi connectivity index (χ4v) is 7.19. The second-order valence-corrected chi connectivity index (χ2v) is 12.6. The highest BCUT2D eigenvalue weighted by Gasteiger charge is 2.18. The molecule has 0 amide bonds. The Balaban J connectivity index is 1.11. The first-order valence-electron chi connectivity index (χ1n) is 16.8. The fraction of sp³-hybridized carbons (Fsp3) is 0.0213. The third-order valence-corrected chi connectivity index (χ3v) is 9.66. The molecule has 2 heteroatoms. The van der Waals surface area contributed by atoms with Crippen LogP contribution in [0.4, 0.5) is 17.1 Å². The van der Waals surface area contributed by atoms with Gasteiger partial charge in [0.25, 0.3) is 0 Å². The zero-order valence-corrected chi connectivity index (χ0v) is 27.2. The molecule has 0 radical (unpaired) electrons. The lowest BCUT2D eigenvalue weighted by Gasteiger charge is -2.27. The second kappa shape index (κ2) is 12.0. The van der Waals surface area contributed by atoms with Crippen molar-refractivity contribution >= 4 is 49.6 Å². The predicted molar refractivity (Wildman–Crippen MR) is 207 cm³/mol. The van der Waals surface area contributed by atoms with Crippen molar-refractivity contribution in [1.82, 2.24) is 0 Å². The highest BCUT2D eigenvalue weighted by molar-refractivity contribution is 6.00. The number of anilines is 3. The van der Waals surface area contributed by atoms with Crippen LogP contribution in [0.25, 0.3) is 66.1 Å². The molecular formula is C47H33NO. The van der Waals surface area contributed by atoms with E-state index in [0.29, 0.717) is 0 Å². The maximum absolute atomic E-state index is 6.41. The van der Waals surface area contributed by atoms with Gasteiger partial charge in [-0.1, -0.05) is 146 Å². The number of hydrogen-bond donors (Lipinski definition) is 0. The van der Waals surface area contributed by atoms with Gasteiger partial charge in [0, 0.05) is 33.3 Å². The van der Waals surface area contributed by atoms with E-state index in [-0.39, 0.29) is 0 Å². The van der Waals surface area contributed by atoms with Crippen molar-refractivity contribution in [3.63, 3.8) is 0 Å². The second-order valence-electron chi connectivity index (χ2n) is 12.6. The summed E-state index contributed by atoms with van der Waals surface area (Å²) in [6, 6.07) is 65.0. The molecule has 49 heavy (non-hydrogen) atoms. The van der Waals surface area contributed by atoms with Crippen LogP contribution in [0, 0.1) is 6.92 Å². The molecule has 0 N–H and O–H groups in total. The summed E-state index contributed by atoms with van der Waals surface area (Å²) in [4.78, 5) is 2.36. The number of aryl methyl sites for hydroxylation is 1. The van der Waals surface area contributed by atoms with E-state index in [1.54, 1.807) is 0 Å². The van der Waals surface area contributed by atoms with Gasteiger partial charge in [0.1, 0.15) is 11.3 Å². The molecule has 0 aliphatic carbocycles. The van der Waals surface area contributed by atoms with Crippen molar-refractivity contribution in [1.29, 1.82) is 0 Å². The molecule has 0 unspecified atom stereocenters. The minimum Gasteiger partial charge on any atom is -0.456 e. The first-order chi connectivity index (χ1) is 24.2. The number of rotatable bonds is 6. The van der Waals surface area contributed by atoms with Gasteiger partial charge in [-0.25, -0.2) is 0 Å². The molecule has 9 aromatic rings. The zero-order chi connectivity index (χ0) is 32.7. The molecule has 0 spiro atoms. The number of furan rings is 1. The zero-order valence-electron chi connectivity index (χ0n) is 27.2. The molecule has 2 nitrogen and oxygen atoms in total. The quantitative estimate of drug-likeness (QED) is 0.182. The van der Waals surface area contributed by atoms with Crippen molar-refractivity contribution in [3.05, 3.63) is 188 Å². The average molecular weight is 628 g/mol. The minimum absolute atomic E-state index is 0.906. The van der Waals surface area contributed by atoms with Gasteiger partial charge in [0.2, 0.25) is 0 Å². The summed E-state index contributed by atoms with van der Waals surface area (Å²) in [6.07, 6.45) is 0. The molecule has 0 aliphatic rings. The van der Waals surface area contributed by atoms with Crippen molar-refractivity contribution in [2.45, 2.75) is 6.92 Å². The van der Waals surface area contributed by atoms with Gasteiger partial charge in [-0.15, -0.1) is 0 Å². The van der Waals surface area contributed by atoms with Gasteiger partial charge in [0.05, 0.1) is 5.69 Å². The monoisotopic (exact) mass is 627 g/mol. The molecule has 1 aromatic heterocycles. The molecule has 0 atom stereocenters. The van der Waals surface area contributed by atoms with Crippen molar-refractivity contribution in [3.8, 4) is 33.6 Å². The standard InChI is InChI=1S/C47H33NO/c1-32-41-17-6-7-22-46(41)49-47(32)38-15-8-16-40(31-38)48(45-21-10-14-36-12-3-5-19-44(36)45)39-29-27-34(28-30-39)33-23-25-37(26-24-33)43-20-9-13-35-11-2-4-18-42(35)43/h2-31H,1H3. The Morgan fingerprint density at radius 2 is 0.980 bits per heavy atom. The maximum Gasteiger partial charge on any atom is 0.138 e. The predicted octanol–water partition coefficient (Wildman–Crippen LogP) is 13.5. The molecule has 0 aliphatic heterocycles. The summed E-state index contributed by atoms with van der Waals surface area (Å²) < 4.78 is 6.41. The Morgan fingerprint density at radius 1 is 0.408 bits per heavy atom. The average Bonchev–Trinajstić information content (AvgIpc) is 3.51. The van der Waals surface area contributed by atoms with E-state index < -0.39 is 0 Å². The lowest BCUT2D eigenvalue weighted by atomic mass is 9.96. The SMILES string of the molecule is Cc1c(-c2cccc(N(c3ccc(-c4ccc(-c5cccc6ccccc56)cc4)cc3)c3cccc4ccccc34)c2)oc2ccccc12. The maximum atomic E-state index is 6.41. The minimum atomic E-state index is 0.906. The number of para-hydroxylation sites is 1. The summed E-state index contributed by atoms with van der Waals surface area (Å²) in [5.41, 5.74) is 11.2. The van der Waals surface area contributed by atoms with Gasteiger partial charge in [-0.05, 0) is 81.7 Å². The lowest BCUT2D eigenvalue weighted by molar-refractivity contribution is 0.629. The number of hydrogen-bond acceptors (Lipinski definition) is 2. The summed E-state index contributed by atoms with van der Waals surface area (Å²) in [6.45, 7) is 2.14. The van der Waals surface area contributed by atoms with Crippen LogP contribution in [0.1, 0.15) is 5.56 Å². The first kappa shape index (κ1) is 28.8. The molecule has 0 bridgehead atoms. The van der Waals surface area contributed by atoms with E-state index in [1.165, 1.54) is 43.8 Å². The summed E-state index contributed by atoms with van der Waals surface area (Å²) in [5, 5.41) is 6.08. The molecule has 0 fully saturated rings. The lowest BCUT2D eigenvalue weighted by Crippen LogP contribution is -2.10. The van der Waals surface area contributed by atoms with Crippen LogP contribution < -0.4 is 4.90 Å². The normalized spacial score (nSPS) is 11.4. The van der Waals surface area contributed by atoms with Crippen molar-refractivity contribution in [2.24, 2.45) is 0 Å². The molecule has 8 aromatic carbocycles. The van der Waals surface area contributed by atoms with Gasteiger partial charge >= 0.3 is 0 Å². The first-order valence-corrected chi connectivity index (χ1v) is 16.8. The Bertz CT molecular complexity index is 2600. The van der Waals surface area contributed by atoms with Crippen LogP contribution in [0.3, 0.4) is 0 Å². The molecule has 232 valence electrons. The molecule has 9 rings (SSSR count). The van der Waals surface area contributed by atoms with Gasteiger partial charge in [-0.3, -0.25) is 0 Å². The largest absolute Gasteiger partial charge is 0.456 e. The highest BCUT2D eigenvalue weighted by Crippen LogP contribution is 2.42. The van der Waals surface area contributed by atoms with Crippen LogP contribution in [0.2, 0.25) is 0 Å². The Morgan fingerprint density at radius 3 is 1.73 bits per heavy atom. The molecular weight excluding hydrogens is 595 g/mol. The van der Waals surface area contributed by atoms with Crippen LogP contribution in [-0.2, 0) is 0 Å². The number of fused-ring (bicyclic) bond motifs is 3. The molecule has 0 saturated carbocycles. The topological polar surface area (TPSA) is 16.4 Å². The van der Waals surface area contributed by atoms with E-state index in [2.05, 4.69) is 182 Å². The third kappa shape index (κ3) is 5.15. The Labute approximate surface area is 286 Å². The molecule has 1 heterocycles. The molecule has 0 saturated heterocycles. The van der Waals surface area contributed by atoms with E-state index in [4.69, 9.17) is 4.42 Å². The summed E-state index contributed by atoms with van der Waals surface area (Å²) >= 11 is 0. The van der Waals surface area contributed by atoms with Crippen LogP contribution in [0.5, 0.6) is 0 Å². The van der Waals surface area contributed by atoms with Crippen LogP contribution in [0.15, 0.2) is 186 Å². The van der Waals surface area contributed by atoms with E-state index in [1.807, 2.05) is 12.1 Å². The third-order valence-electron chi connectivity index (χ3n) is 9.66.